The van der Waals surface area contributed by atoms with Crippen LogP contribution in [-0.4, -0.2) is 18.0 Å². The summed E-state index contributed by atoms with van der Waals surface area (Å²) in [6, 6.07) is 0. The average molecular weight is 142 g/mol. The molecule has 0 saturated carbocycles. The van der Waals surface area contributed by atoms with E-state index >= 15 is 0 Å². The molecule has 0 atom stereocenters. The fourth-order valence-corrected chi connectivity index (χ4v) is 0.957. The van der Waals surface area contributed by atoms with Crippen molar-refractivity contribution in [3.8, 4) is 0 Å². The first kappa shape index (κ1) is 9.34. The van der Waals surface area contributed by atoms with E-state index in [1.165, 1.54) is 12.8 Å². The van der Waals surface area contributed by atoms with Gasteiger partial charge >= 0.3 is 0 Å². The number of rotatable bonds is 5. The van der Waals surface area contributed by atoms with Crippen LogP contribution < -0.4 is 5.73 Å². The van der Waals surface area contributed by atoms with Crippen molar-refractivity contribution in [3.63, 3.8) is 0 Å². The Kier molecular flexibility index (Phi) is 6.03. The van der Waals surface area contributed by atoms with Crippen molar-refractivity contribution in [2.75, 3.05) is 13.1 Å². The Bertz CT molecular complexity index is 83.3. The van der Waals surface area contributed by atoms with E-state index in [1.807, 2.05) is 6.20 Å². The first-order chi connectivity index (χ1) is 4.85. The summed E-state index contributed by atoms with van der Waals surface area (Å²) in [5, 5.41) is 0. The third-order valence-corrected chi connectivity index (χ3v) is 1.32. The molecule has 0 aliphatic heterocycles. The van der Waals surface area contributed by atoms with Gasteiger partial charge in [0.1, 0.15) is 0 Å². The molecule has 2 N–H and O–H groups in total. The van der Waals surface area contributed by atoms with Crippen LogP contribution >= 0.6 is 0 Å². The lowest BCUT2D eigenvalue weighted by molar-refractivity contribution is 0.375. The smallest absolute Gasteiger partial charge is 0.0170 e. The van der Waals surface area contributed by atoms with Gasteiger partial charge in [-0.25, -0.2) is 0 Å². The van der Waals surface area contributed by atoms with Gasteiger partial charge < -0.3 is 10.6 Å². The second-order valence-electron chi connectivity index (χ2n) is 2.38. The molecule has 2 heteroatoms. The van der Waals surface area contributed by atoms with Crippen LogP contribution in [-0.2, 0) is 0 Å². The normalized spacial score (nSPS) is 10.6. The van der Waals surface area contributed by atoms with E-state index in [9.17, 15) is 0 Å². The van der Waals surface area contributed by atoms with Crippen LogP contribution in [0.25, 0.3) is 0 Å². The van der Waals surface area contributed by atoms with E-state index in [0.29, 0.717) is 0 Å². The lowest BCUT2D eigenvalue weighted by Crippen LogP contribution is -2.19. The van der Waals surface area contributed by atoms with Crippen molar-refractivity contribution in [2.24, 2.45) is 5.73 Å². The maximum absolute atomic E-state index is 5.27. The summed E-state index contributed by atoms with van der Waals surface area (Å²) < 4.78 is 0. The molecule has 0 aromatic rings. The summed E-state index contributed by atoms with van der Waals surface area (Å²) in [5.74, 6) is 0. The third-order valence-electron chi connectivity index (χ3n) is 1.32. The maximum Gasteiger partial charge on any atom is 0.0170 e. The van der Waals surface area contributed by atoms with Gasteiger partial charge in [0.15, 0.2) is 0 Å². The van der Waals surface area contributed by atoms with Crippen LogP contribution in [0.4, 0.5) is 0 Å². The molecule has 10 heavy (non-hydrogen) atoms. The minimum Gasteiger partial charge on any atom is -0.403 e. The van der Waals surface area contributed by atoms with Gasteiger partial charge in [-0.05, 0) is 12.8 Å². The van der Waals surface area contributed by atoms with Crippen molar-refractivity contribution < 1.29 is 0 Å². The molecule has 0 radical (unpaired) electrons. The van der Waals surface area contributed by atoms with Crippen LogP contribution in [0.2, 0.25) is 0 Å². The van der Waals surface area contributed by atoms with Gasteiger partial charge in [-0.3, -0.25) is 0 Å². The zero-order chi connectivity index (χ0) is 7.82. The molecule has 2 nitrogen and oxygen atoms in total. The van der Waals surface area contributed by atoms with Crippen LogP contribution in [0.15, 0.2) is 12.4 Å². The zero-order valence-corrected chi connectivity index (χ0v) is 7.01. The molecular weight excluding hydrogens is 124 g/mol. The molecule has 0 heterocycles. The van der Waals surface area contributed by atoms with Crippen LogP contribution in [0.3, 0.4) is 0 Å². The Morgan fingerprint density at radius 2 is 1.70 bits per heavy atom. The van der Waals surface area contributed by atoms with Gasteiger partial charge in [-0.1, -0.05) is 13.8 Å². The SMILES string of the molecule is CCCN(C=CN)CCC. The zero-order valence-electron chi connectivity index (χ0n) is 7.01. The van der Waals surface area contributed by atoms with Crippen molar-refractivity contribution in [1.82, 2.24) is 4.90 Å². The summed E-state index contributed by atoms with van der Waals surface area (Å²) in [6.07, 6.45) is 5.92. The molecule has 0 aliphatic carbocycles. The number of nitrogens with zero attached hydrogens (tertiary/aromatic N) is 1. The van der Waals surface area contributed by atoms with Crippen molar-refractivity contribution in [3.05, 3.63) is 12.4 Å². The summed E-state index contributed by atoms with van der Waals surface area (Å²) in [7, 11) is 0. The predicted molar refractivity (Wildman–Crippen MR) is 45.5 cm³/mol. The largest absolute Gasteiger partial charge is 0.403 e. The number of hydrogen-bond donors (Lipinski definition) is 1. The van der Waals surface area contributed by atoms with Crippen molar-refractivity contribution in [1.29, 1.82) is 0 Å². The van der Waals surface area contributed by atoms with Crippen LogP contribution in [0, 0.1) is 0 Å². The quantitative estimate of drug-likeness (QED) is 0.631. The first-order valence-corrected chi connectivity index (χ1v) is 3.97. The second kappa shape index (κ2) is 6.46. The monoisotopic (exact) mass is 142 g/mol. The van der Waals surface area contributed by atoms with Gasteiger partial charge in [0.05, 0.1) is 0 Å². The Balaban J connectivity index is 3.50. The van der Waals surface area contributed by atoms with E-state index in [4.69, 9.17) is 5.73 Å². The Hall–Kier alpha value is -0.660. The molecule has 60 valence electrons. The molecule has 0 aliphatic rings. The van der Waals surface area contributed by atoms with Crippen molar-refractivity contribution in [2.45, 2.75) is 26.7 Å². The highest BCUT2D eigenvalue weighted by atomic mass is 15.1. The summed E-state index contributed by atoms with van der Waals surface area (Å²) in [4.78, 5) is 2.24. The fraction of sp³-hybridized carbons (Fsp3) is 0.750. The highest BCUT2D eigenvalue weighted by molar-refractivity contribution is 4.76. The lowest BCUT2D eigenvalue weighted by Gasteiger charge is -2.17. The van der Waals surface area contributed by atoms with Gasteiger partial charge in [-0.2, -0.15) is 0 Å². The molecule has 0 bridgehead atoms. The molecule has 0 aromatic carbocycles. The van der Waals surface area contributed by atoms with Crippen molar-refractivity contribution >= 4 is 0 Å². The number of hydrogen-bond acceptors (Lipinski definition) is 2. The predicted octanol–water partition coefficient (Wildman–Crippen LogP) is 1.54. The second-order valence-corrected chi connectivity index (χ2v) is 2.38. The molecule has 0 aromatic heterocycles. The third kappa shape index (κ3) is 4.24. The molecule has 0 saturated heterocycles. The summed E-state index contributed by atoms with van der Waals surface area (Å²) in [5.41, 5.74) is 5.27. The first-order valence-electron chi connectivity index (χ1n) is 3.97. The molecular formula is C8H18N2. The van der Waals surface area contributed by atoms with E-state index in [0.717, 1.165) is 13.1 Å². The van der Waals surface area contributed by atoms with Gasteiger partial charge in [0.2, 0.25) is 0 Å². The Morgan fingerprint density at radius 1 is 1.20 bits per heavy atom. The minimum atomic E-state index is 1.11. The van der Waals surface area contributed by atoms with Crippen LogP contribution in [0.1, 0.15) is 26.7 Å². The Labute approximate surface area is 63.7 Å². The maximum atomic E-state index is 5.27. The molecule has 0 rings (SSSR count). The molecule has 0 fully saturated rings. The van der Waals surface area contributed by atoms with Gasteiger partial charge in [0.25, 0.3) is 0 Å². The standard InChI is InChI=1S/C8H18N2/c1-3-6-10(7-4-2)8-5-9/h5,8H,3-4,6-7,9H2,1-2H3. The molecule has 0 unspecified atom stereocenters. The average Bonchev–Trinajstić information content (AvgIpc) is 1.90. The van der Waals surface area contributed by atoms with Gasteiger partial charge in [0, 0.05) is 25.5 Å². The molecule has 0 amide bonds. The minimum absolute atomic E-state index is 1.11. The van der Waals surface area contributed by atoms with Gasteiger partial charge in [-0.15, -0.1) is 0 Å². The van der Waals surface area contributed by atoms with Crippen LogP contribution in [0.5, 0.6) is 0 Å². The van der Waals surface area contributed by atoms with E-state index in [-0.39, 0.29) is 0 Å². The topological polar surface area (TPSA) is 29.3 Å². The lowest BCUT2D eigenvalue weighted by atomic mass is 10.4. The van der Waals surface area contributed by atoms with E-state index in [1.54, 1.807) is 6.20 Å². The number of nitrogens with two attached hydrogens (primary N) is 1. The van der Waals surface area contributed by atoms with E-state index < -0.39 is 0 Å². The molecule has 0 spiro atoms. The summed E-state index contributed by atoms with van der Waals surface area (Å²) >= 11 is 0. The van der Waals surface area contributed by atoms with E-state index in [2.05, 4.69) is 18.7 Å². The fourth-order valence-electron chi connectivity index (χ4n) is 0.957. The Morgan fingerprint density at radius 3 is 2.00 bits per heavy atom. The summed E-state index contributed by atoms with van der Waals surface area (Å²) in [6.45, 7) is 6.57. The highest BCUT2D eigenvalue weighted by Gasteiger charge is 1.92. The highest BCUT2D eigenvalue weighted by Crippen LogP contribution is 1.93.